The van der Waals surface area contributed by atoms with Crippen molar-refractivity contribution in [1.29, 1.82) is 0 Å². The average molecular weight is 1340 g/mol. The van der Waals surface area contributed by atoms with E-state index >= 15 is 0 Å². The van der Waals surface area contributed by atoms with Gasteiger partial charge in [0.15, 0.2) is 0 Å². The monoisotopic (exact) mass is 1340 g/mol. The van der Waals surface area contributed by atoms with Crippen LogP contribution in [0.15, 0.2) is 243 Å². The number of hydrogen-bond donors (Lipinski definition) is 0. The van der Waals surface area contributed by atoms with Crippen molar-refractivity contribution < 1.29 is 9.47 Å². The molecular formula is C102H82O2. The molecule has 104 heavy (non-hydrogen) atoms. The van der Waals surface area contributed by atoms with Crippen LogP contribution in [0.3, 0.4) is 0 Å². The molecule has 0 saturated carbocycles. The summed E-state index contributed by atoms with van der Waals surface area (Å²) in [7, 11) is 0. The van der Waals surface area contributed by atoms with Crippen molar-refractivity contribution in [3.8, 4) is 47.0 Å². The fourth-order valence-corrected chi connectivity index (χ4v) is 20.5. The highest BCUT2D eigenvalue weighted by Crippen LogP contribution is 2.67. The van der Waals surface area contributed by atoms with Gasteiger partial charge >= 0.3 is 0 Å². The van der Waals surface area contributed by atoms with Crippen molar-refractivity contribution in [2.75, 3.05) is 13.2 Å². The summed E-state index contributed by atoms with van der Waals surface area (Å²) in [4.78, 5) is 0. The number of benzene rings is 12. The van der Waals surface area contributed by atoms with Gasteiger partial charge < -0.3 is 9.47 Å². The van der Waals surface area contributed by atoms with Crippen LogP contribution < -0.4 is 9.47 Å². The van der Waals surface area contributed by atoms with Gasteiger partial charge in [-0.1, -0.05) is 308 Å². The Morgan fingerprint density at radius 2 is 0.375 bits per heavy atom. The Labute approximate surface area is 613 Å². The molecule has 0 aromatic heterocycles. The standard InChI is InChI=1S/C102H82O2/c1-3-5-7-9-11-29-61-103-65-53-47-63(48-54-65)51-57-83-95-87-67-31-13-21-39-75(67)91(76-40-22-14-32-68(76)87)99(95)85(100-92-77-41-23-15-33-69(77)88(96(83)100)70-34-16-24-42-78(70)92)59-60-86-101-93-79-43-25-17-35-71(79)89(72-36-18-26-44-80(72)93)97(101)84(58-52-64-49-55-66(56-50-64)104-62-30-12-10-8-6-4-2)98-90-73-37-19-27-45-81(73)94(102(86)98)82-46-28-20-38-74(82)90/h13-28,31-50,53-56,87-94H,3-12,29-30,61-62H2,1-2H3. The molecule has 502 valence electrons. The van der Waals surface area contributed by atoms with Crippen LogP contribution >= 0.6 is 0 Å². The summed E-state index contributed by atoms with van der Waals surface area (Å²) in [5.41, 5.74) is 39.1. The molecule has 0 aliphatic heterocycles. The largest absolute Gasteiger partial charge is 0.494 e. The molecule has 2 nitrogen and oxygen atoms in total. The summed E-state index contributed by atoms with van der Waals surface area (Å²) < 4.78 is 12.8. The van der Waals surface area contributed by atoms with E-state index in [9.17, 15) is 0 Å². The molecule has 0 amide bonds. The van der Waals surface area contributed by atoms with Gasteiger partial charge in [-0.2, -0.15) is 0 Å². The Kier molecular flexibility index (Phi) is 15.7. The first-order chi connectivity index (χ1) is 51.6. The first-order valence-electron chi connectivity index (χ1n) is 38.8. The second-order valence-corrected chi connectivity index (χ2v) is 30.3. The summed E-state index contributed by atoms with van der Waals surface area (Å²) in [5.74, 6) is 26.3. The average Bonchev–Trinajstić information content (AvgIpc) is 0.671. The first kappa shape index (κ1) is 62.7. The van der Waals surface area contributed by atoms with Gasteiger partial charge in [0.05, 0.1) is 13.2 Å². The van der Waals surface area contributed by atoms with Crippen LogP contribution in [-0.2, 0) is 0 Å². The first-order valence-corrected chi connectivity index (χ1v) is 38.8. The van der Waals surface area contributed by atoms with Gasteiger partial charge in [-0.05, 0) is 195 Å². The van der Waals surface area contributed by atoms with Gasteiger partial charge in [-0.3, -0.25) is 0 Å². The minimum Gasteiger partial charge on any atom is -0.494 e. The van der Waals surface area contributed by atoms with Gasteiger partial charge in [0.25, 0.3) is 0 Å². The Morgan fingerprint density at radius 3 is 0.567 bits per heavy atom. The second kappa shape index (κ2) is 26.0. The Hall–Kier alpha value is -11.1. The molecule has 0 spiro atoms. The molecule has 0 saturated heterocycles. The fourth-order valence-electron chi connectivity index (χ4n) is 20.5. The van der Waals surface area contributed by atoms with Gasteiger partial charge in [0.1, 0.15) is 11.5 Å². The van der Waals surface area contributed by atoms with Crippen LogP contribution in [0.2, 0.25) is 0 Å². The molecule has 0 fully saturated rings. The third-order valence-electron chi connectivity index (χ3n) is 24.8. The van der Waals surface area contributed by atoms with Crippen molar-refractivity contribution in [3.63, 3.8) is 0 Å². The van der Waals surface area contributed by atoms with Gasteiger partial charge in [-0.15, -0.1) is 0 Å². The van der Waals surface area contributed by atoms with Crippen LogP contribution in [0, 0.1) is 35.5 Å². The molecule has 24 rings (SSSR count). The number of hydrogen-bond acceptors (Lipinski definition) is 2. The zero-order valence-corrected chi connectivity index (χ0v) is 59.4. The topological polar surface area (TPSA) is 18.5 Å². The molecule has 8 bridgehead atoms. The van der Waals surface area contributed by atoms with E-state index < -0.39 is 0 Å². The van der Waals surface area contributed by atoms with E-state index in [1.165, 1.54) is 209 Å². The quantitative estimate of drug-likeness (QED) is 0.0709. The lowest BCUT2D eigenvalue weighted by Crippen LogP contribution is -2.35. The highest BCUT2D eigenvalue weighted by molar-refractivity contribution is 5.86. The maximum Gasteiger partial charge on any atom is 0.119 e. The summed E-state index contributed by atoms with van der Waals surface area (Å²) in [6.07, 6.45) is 14.8. The van der Waals surface area contributed by atoms with Crippen LogP contribution in [0.4, 0.5) is 0 Å². The number of unbranched alkanes of at least 4 members (excludes halogenated alkanes) is 10. The Morgan fingerprint density at radius 1 is 0.202 bits per heavy atom. The van der Waals surface area contributed by atoms with Crippen LogP contribution in [0.5, 0.6) is 11.5 Å². The van der Waals surface area contributed by atoms with Crippen molar-refractivity contribution >= 4 is 0 Å². The molecule has 0 atom stereocenters. The SMILES string of the molecule is CCCCCCCCOc1ccc(C#Cc2c3c(c(C#Cc4c5c(c(C#Cc6ccc(OCCCCCCCC)cc6)c6c4C4c7ccccc7C6c6ccccc64)C4c6ccccc6C5c5ccccc54)c4c2C2c5ccccc5C4c4ccccc42)C2c4ccccc4C3c3ccccc32)cc1. The van der Waals surface area contributed by atoms with Crippen LogP contribution in [-0.4, -0.2) is 13.2 Å². The molecule has 0 unspecified atom stereocenters. The number of rotatable bonds is 16. The molecule has 0 heterocycles. The maximum absolute atomic E-state index is 6.39. The zero-order valence-electron chi connectivity index (χ0n) is 59.4. The van der Waals surface area contributed by atoms with E-state index in [-0.39, 0.29) is 47.3 Å². The lowest BCUT2D eigenvalue weighted by Gasteiger charge is -2.49. The summed E-state index contributed by atoms with van der Waals surface area (Å²) >= 11 is 0. The minimum atomic E-state index is -0.0856. The molecule has 0 radical (unpaired) electrons. The predicted molar refractivity (Wildman–Crippen MR) is 421 cm³/mol. The van der Waals surface area contributed by atoms with E-state index in [2.05, 4.69) is 292 Å². The van der Waals surface area contributed by atoms with E-state index in [1.54, 1.807) is 0 Å². The van der Waals surface area contributed by atoms with Gasteiger partial charge in [0.2, 0.25) is 0 Å². The van der Waals surface area contributed by atoms with E-state index in [1.807, 2.05) is 0 Å². The van der Waals surface area contributed by atoms with Crippen molar-refractivity contribution in [3.05, 3.63) is 410 Å². The van der Waals surface area contributed by atoms with E-state index in [4.69, 9.17) is 9.47 Å². The molecule has 2 heteroatoms. The van der Waals surface area contributed by atoms with Crippen molar-refractivity contribution in [2.24, 2.45) is 0 Å². The predicted octanol–water partition coefficient (Wildman–Crippen LogP) is 23.3. The molecule has 12 aromatic carbocycles. The molecule has 12 aliphatic carbocycles. The summed E-state index contributed by atoms with van der Waals surface area (Å²) in [6.45, 7) is 6.01. The third-order valence-corrected chi connectivity index (χ3v) is 24.8. The second-order valence-electron chi connectivity index (χ2n) is 30.3. The smallest absolute Gasteiger partial charge is 0.119 e. The normalized spacial score (nSPS) is 19.0. The fraction of sp³-hybridized carbons (Fsp3) is 0.235. The lowest BCUT2D eigenvalue weighted by molar-refractivity contribution is 0.304. The summed E-state index contributed by atoms with van der Waals surface area (Å²) in [6, 6.07) is 92.0. The van der Waals surface area contributed by atoms with Crippen LogP contribution in [0.25, 0.3) is 0 Å². The van der Waals surface area contributed by atoms with Gasteiger partial charge in [0, 0.05) is 80.7 Å². The number of ether oxygens (including phenoxy) is 2. The zero-order chi connectivity index (χ0) is 68.9. The molecule has 0 N–H and O–H groups in total. The van der Waals surface area contributed by atoms with Crippen LogP contribution in [0.1, 0.15) is 305 Å². The molecule has 12 aromatic rings. The van der Waals surface area contributed by atoms with Crippen molar-refractivity contribution in [1.82, 2.24) is 0 Å². The molecular weight excluding hydrogens is 1260 g/mol. The Bertz CT molecular complexity index is 4890. The van der Waals surface area contributed by atoms with Crippen molar-refractivity contribution in [2.45, 2.75) is 138 Å². The third kappa shape index (κ3) is 9.80. The molecule has 12 aliphatic rings. The Balaban J connectivity index is 0.852. The van der Waals surface area contributed by atoms with E-state index in [0.29, 0.717) is 0 Å². The van der Waals surface area contributed by atoms with E-state index in [0.717, 1.165) is 59.8 Å². The lowest BCUT2D eigenvalue weighted by atomic mass is 9.53. The highest BCUT2D eigenvalue weighted by atomic mass is 16.5. The minimum absolute atomic E-state index is 0.0686. The maximum atomic E-state index is 6.39. The highest BCUT2D eigenvalue weighted by Gasteiger charge is 2.53. The van der Waals surface area contributed by atoms with Gasteiger partial charge in [-0.25, -0.2) is 0 Å². The summed E-state index contributed by atoms with van der Waals surface area (Å²) in [5, 5.41) is 0.